The van der Waals surface area contributed by atoms with Crippen molar-refractivity contribution in [2.24, 2.45) is 5.92 Å². The first-order valence-electron chi connectivity index (χ1n) is 9.85. The van der Waals surface area contributed by atoms with Crippen LogP contribution in [0.25, 0.3) is 0 Å². The van der Waals surface area contributed by atoms with Gasteiger partial charge in [0.2, 0.25) is 5.88 Å². The zero-order chi connectivity index (χ0) is 22.0. The Hall–Kier alpha value is -2.73. The van der Waals surface area contributed by atoms with Crippen molar-refractivity contribution in [1.82, 2.24) is 10.3 Å². The molecule has 2 unspecified atom stereocenters. The number of rotatable bonds is 6. The number of hydrogen-bond acceptors (Lipinski definition) is 5. The van der Waals surface area contributed by atoms with Gasteiger partial charge in [-0.1, -0.05) is 29.3 Å². The second kappa shape index (κ2) is 8.96. The molecule has 0 spiro atoms. The van der Waals surface area contributed by atoms with Gasteiger partial charge >= 0.3 is 0 Å². The minimum Gasteiger partial charge on any atom is -0.481 e. The van der Waals surface area contributed by atoms with Crippen LogP contribution < -0.4 is 10.1 Å². The van der Waals surface area contributed by atoms with Crippen LogP contribution in [0, 0.1) is 26.7 Å². The molecule has 1 aromatic carbocycles. The molecule has 1 aromatic heterocycles. The summed E-state index contributed by atoms with van der Waals surface area (Å²) in [6, 6.07) is 6.95. The summed E-state index contributed by atoms with van der Waals surface area (Å²) < 4.78 is 5.02. The van der Waals surface area contributed by atoms with E-state index in [2.05, 4.69) is 10.3 Å². The Morgan fingerprint density at radius 3 is 2.47 bits per heavy atom. The smallest absolute Gasteiger partial charge is 0.251 e. The summed E-state index contributed by atoms with van der Waals surface area (Å²) in [6.45, 7) is 6.16. The van der Waals surface area contributed by atoms with Gasteiger partial charge in [0, 0.05) is 30.5 Å². The van der Waals surface area contributed by atoms with Gasteiger partial charge in [-0.25, -0.2) is 4.98 Å². The molecule has 1 aliphatic carbocycles. The van der Waals surface area contributed by atoms with Crippen LogP contribution in [0.15, 0.2) is 24.3 Å². The van der Waals surface area contributed by atoms with Gasteiger partial charge in [0.05, 0.1) is 7.11 Å². The molecule has 1 amide bonds. The first-order chi connectivity index (χ1) is 14.2. The van der Waals surface area contributed by atoms with E-state index < -0.39 is 11.8 Å². The Morgan fingerprint density at radius 2 is 1.83 bits per heavy atom. The van der Waals surface area contributed by atoms with Gasteiger partial charge in [0.25, 0.3) is 5.91 Å². The minimum absolute atomic E-state index is 0.0444. The second-order valence-electron chi connectivity index (χ2n) is 7.78. The number of halogens is 1. The molecule has 2 atom stereocenters. The maximum atomic E-state index is 13.0. The third kappa shape index (κ3) is 4.54. The van der Waals surface area contributed by atoms with Gasteiger partial charge in [-0.2, -0.15) is 0 Å². The quantitative estimate of drug-likeness (QED) is 0.559. The van der Waals surface area contributed by atoms with Gasteiger partial charge < -0.3 is 10.1 Å². The standard InChI is InChI=1S/C23H25ClN2O4/c1-12-7-13(2)20(14(3)8-12)21-17(27)9-15(22(21)28)5-6-25-23(29)16-10-18(24)26-19(11-16)30-4/h7-8,10-11,15,21H,5-6,9H2,1-4H3,(H,25,29). The number of carbonyl (C=O) groups excluding carboxylic acids is 3. The number of nitrogens with one attached hydrogen (secondary N) is 1. The molecule has 1 fully saturated rings. The molecule has 1 aliphatic rings. The lowest BCUT2D eigenvalue weighted by molar-refractivity contribution is -0.124. The number of amides is 1. The van der Waals surface area contributed by atoms with Crippen molar-refractivity contribution in [1.29, 1.82) is 0 Å². The topological polar surface area (TPSA) is 85.4 Å². The lowest BCUT2D eigenvalue weighted by atomic mass is 9.86. The van der Waals surface area contributed by atoms with Crippen LogP contribution in [-0.4, -0.2) is 36.1 Å². The van der Waals surface area contributed by atoms with Crippen LogP contribution in [0.4, 0.5) is 0 Å². The Bertz CT molecular complexity index is 995. The van der Waals surface area contributed by atoms with Crippen molar-refractivity contribution in [2.45, 2.75) is 39.5 Å². The Kier molecular flexibility index (Phi) is 6.56. The van der Waals surface area contributed by atoms with E-state index >= 15 is 0 Å². The van der Waals surface area contributed by atoms with Gasteiger partial charge in [0.1, 0.15) is 16.9 Å². The first-order valence-corrected chi connectivity index (χ1v) is 10.2. The second-order valence-corrected chi connectivity index (χ2v) is 8.17. The third-order valence-electron chi connectivity index (χ3n) is 5.50. The lowest BCUT2D eigenvalue weighted by Gasteiger charge is -2.16. The number of Topliss-reactive ketones (excluding diaryl/α,β-unsaturated/α-hetero) is 2. The average molecular weight is 429 g/mol. The normalized spacial score (nSPS) is 18.6. The zero-order valence-electron chi connectivity index (χ0n) is 17.5. The first kappa shape index (κ1) is 22.0. The number of carbonyl (C=O) groups is 3. The summed E-state index contributed by atoms with van der Waals surface area (Å²) in [5.41, 5.74) is 4.21. The number of aryl methyl sites for hydroxylation is 3. The number of pyridine rings is 1. The third-order valence-corrected chi connectivity index (χ3v) is 5.70. The minimum atomic E-state index is -0.699. The lowest BCUT2D eigenvalue weighted by Crippen LogP contribution is -2.27. The van der Waals surface area contributed by atoms with Crippen molar-refractivity contribution in [2.75, 3.05) is 13.7 Å². The number of ether oxygens (including phenoxy) is 1. The van der Waals surface area contributed by atoms with E-state index in [0.717, 1.165) is 22.3 Å². The number of aromatic nitrogens is 1. The summed E-state index contributed by atoms with van der Waals surface area (Å²) in [5.74, 6) is -1.28. The highest BCUT2D eigenvalue weighted by Crippen LogP contribution is 2.37. The molecule has 0 bridgehead atoms. The van der Waals surface area contributed by atoms with Crippen LogP contribution in [0.1, 0.15) is 51.4 Å². The van der Waals surface area contributed by atoms with E-state index in [1.165, 1.54) is 19.2 Å². The van der Waals surface area contributed by atoms with E-state index in [0.29, 0.717) is 12.0 Å². The molecule has 1 N–H and O–H groups in total. The summed E-state index contributed by atoms with van der Waals surface area (Å²) in [4.78, 5) is 42.0. The number of hydrogen-bond donors (Lipinski definition) is 1. The molecule has 3 rings (SSSR count). The maximum absolute atomic E-state index is 13.0. The largest absolute Gasteiger partial charge is 0.481 e. The molecule has 6 nitrogen and oxygen atoms in total. The Balaban J connectivity index is 1.65. The van der Waals surface area contributed by atoms with Gasteiger partial charge in [-0.3, -0.25) is 14.4 Å². The summed E-state index contributed by atoms with van der Waals surface area (Å²) >= 11 is 5.90. The van der Waals surface area contributed by atoms with Crippen molar-refractivity contribution in [3.8, 4) is 5.88 Å². The summed E-state index contributed by atoms with van der Waals surface area (Å²) in [7, 11) is 1.44. The predicted octanol–water partition coefficient (Wildman–Crippen LogP) is 3.73. The van der Waals surface area contributed by atoms with Crippen LogP contribution in [0.5, 0.6) is 5.88 Å². The van der Waals surface area contributed by atoms with Gasteiger partial charge in [0.15, 0.2) is 5.78 Å². The van der Waals surface area contributed by atoms with Crippen LogP contribution >= 0.6 is 11.6 Å². The number of ketones is 2. The summed E-state index contributed by atoms with van der Waals surface area (Å²) in [5, 5.41) is 2.94. The molecular formula is C23H25ClN2O4. The fourth-order valence-electron chi connectivity index (χ4n) is 4.22. The highest BCUT2D eigenvalue weighted by molar-refractivity contribution is 6.29. The van der Waals surface area contributed by atoms with E-state index in [9.17, 15) is 14.4 Å². The SMILES string of the molecule is COc1cc(C(=O)NCCC2CC(=O)C(c3c(C)cc(C)cc3C)C2=O)cc(Cl)n1. The highest BCUT2D eigenvalue weighted by Gasteiger charge is 2.42. The van der Waals surface area contributed by atoms with E-state index in [1.54, 1.807) is 0 Å². The number of nitrogens with zero attached hydrogens (tertiary/aromatic N) is 1. The molecule has 2 aromatic rings. The number of benzene rings is 1. The summed E-state index contributed by atoms with van der Waals surface area (Å²) in [6.07, 6.45) is 0.619. The average Bonchev–Trinajstić information content (AvgIpc) is 2.94. The molecule has 0 saturated heterocycles. The molecule has 1 heterocycles. The molecule has 0 aliphatic heterocycles. The van der Waals surface area contributed by atoms with Crippen LogP contribution in [0.3, 0.4) is 0 Å². The van der Waals surface area contributed by atoms with Gasteiger partial charge in [-0.05, 0) is 49.9 Å². The molecule has 0 radical (unpaired) electrons. The molecule has 30 heavy (non-hydrogen) atoms. The van der Waals surface area contributed by atoms with Crippen molar-refractivity contribution >= 4 is 29.1 Å². The molecular weight excluding hydrogens is 404 g/mol. The molecule has 7 heteroatoms. The van der Waals surface area contributed by atoms with Crippen molar-refractivity contribution in [3.05, 3.63) is 57.2 Å². The Morgan fingerprint density at radius 1 is 1.17 bits per heavy atom. The number of methoxy groups -OCH3 is 1. The predicted molar refractivity (Wildman–Crippen MR) is 114 cm³/mol. The van der Waals surface area contributed by atoms with Crippen LogP contribution in [0.2, 0.25) is 5.15 Å². The van der Waals surface area contributed by atoms with E-state index in [1.807, 2.05) is 32.9 Å². The van der Waals surface area contributed by atoms with E-state index in [-0.39, 0.29) is 41.5 Å². The van der Waals surface area contributed by atoms with Crippen LogP contribution in [-0.2, 0) is 9.59 Å². The van der Waals surface area contributed by atoms with Gasteiger partial charge in [-0.15, -0.1) is 0 Å². The zero-order valence-corrected chi connectivity index (χ0v) is 18.3. The highest BCUT2D eigenvalue weighted by atomic mass is 35.5. The van der Waals surface area contributed by atoms with Crippen molar-refractivity contribution in [3.63, 3.8) is 0 Å². The van der Waals surface area contributed by atoms with E-state index in [4.69, 9.17) is 16.3 Å². The fraction of sp³-hybridized carbons (Fsp3) is 0.391. The Labute approximate surface area is 181 Å². The van der Waals surface area contributed by atoms with Crippen molar-refractivity contribution < 1.29 is 19.1 Å². The molecule has 1 saturated carbocycles. The monoisotopic (exact) mass is 428 g/mol. The fourth-order valence-corrected chi connectivity index (χ4v) is 4.42. The molecule has 158 valence electrons. The maximum Gasteiger partial charge on any atom is 0.251 e.